The van der Waals surface area contributed by atoms with Crippen molar-refractivity contribution in [3.8, 4) is 5.19 Å². The number of hydrogen-bond acceptors (Lipinski definition) is 4. The number of methoxy groups -OCH3 is 1. The minimum absolute atomic E-state index is 0.184. The molecule has 5 heteroatoms. The molecule has 0 amide bonds. The fraction of sp³-hybridized carbons (Fsp3) is 0.600. The number of aliphatic carboxylic acids is 1. The van der Waals surface area contributed by atoms with Gasteiger partial charge in [-0.1, -0.05) is 25.2 Å². The molecule has 1 aliphatic carbocycles. The standard InChI is InChI=1S/C10H13NO3S/c1-9(2)5-10(9,7(12)13)6-4-11-8(14-3)15-6/h4H,5H2,1-3H3,(H,12,13). The molecule has 0 bridgehead atoms. The van der Waals surface area contributed by atoms with Crippen molar-refractivity contribution in [1.82, 2.24) is 4.98 Å². The third-order valence-electron chi connectivity index (χ3n) is 3.18. The maximum atomic E-state index is 11.3. The summed E-state index contributed by atoms with van der Waals surface area (Å²) in [5, 5.41) is 9.83. The van der Waals surface area contributed by atoms with Gasteiger partial charge in [-0.15, -0.1) is 0 Å². The molecule has 0 aromatic carbocycles. The fourth-order valence-corrected chi connectivity index (χ4v) is 3.15. The zero-order valence-electron chi connectivity index (χ0n) is 8.90. The zero-order valence-corrected chi connectivity index (χ0v) is 9.72. The average Bonchev–Trinajstić information content (AvgIpc) is 2.60. The predicted octanol–water partition coefficient (Wildman–Crippen LogP) is 1.90. The van der Waals surface area contributed by atoms with Crippen molar-refractivity contribution in [2.75, 3.05) is 7.11 Å². The van der Waals surface area contributed by atoms with Crippen LogP contribution in [-0.4, -0.2) is 23.2 Å². The van der Waals surface area contributed by atoms with Gasteiger partial charge in [0.1, 0.15) is 5.41 Å². The molecule has 1 aliphatic rings. The zero-order chi connectivity index (χ0) is 11.3. The normalized spacial score (nSPS) is 27.4. The van der Waals surface area contributed by atoms with Gasteiger partial charge in [-0.2, -0.15) is 0 Å². The highest BCUT2D eigenvalue weighted by atomic mass is 32.1. The first kappa shape index (κ1) is 10.4. The molecular formula is C10H13NO3S. The molecule has 1 saturated carbocycles. The minimum atomic E-state index is -0.765. The topological polar surface area (TPSA) is 59.4 Å². The second-order valence-electron chi connectivity index (χ2n) is 4.47. The second kappa shape index (κ2) is 2.95. The number of thiazole rings is 1. The highest BCUT2D eigenvalue weighted by Crippen LogP contribution is 2.65. The molecule has 1 aromatic rings. The molecule has 1 atom stereocenters. The van der Waals surface area contributed by atoms with Gasteiger partial charge in [-0.05, 0) is 11.8 Å². The van der Waals surface area contributed by atoms with Crippen LogP contribution < -0.4 is 4.74 Å². The Bertz CT molecular complexity index is 413. The van der Waals surface area contributed by atoms with E-state index < -0.39 is 11.4 Å². The van der Waals surface area contributed by atoms with Gasteiger partial charge >= 0.3 is 5.97 Å². The van der Waals surface area contributed by atoms with Gasteiger partial charge in [0.15, 0.2) is 0 Å². The SMILES string of the molecule is COc1ncc(C2(C(=O)O)CC2(C)C)s1. The molecule has 15 heavy (non-hydrogen) atoms. The highest BCUT2D eigenvalue weighted by molar-refractivity contribution is 7.13. The predicted molar refractivity (Wildman–Crippen MR) is 56.4 cm³/mol. The van der Waals surface area contributed by atoms with Crippen LogP contribution in [0, 0.1) is 5.41 Å². The lowest BCUT2D eigenvalue weighted by molar-refractivity contribution is -0.140. The van der Waals surface area contributed by atoms with Crippen LogP contribution in [0.4, 0.5) is 0 Å². The molecule has 1 fully saturated rings. The summed E-state index contributed by atoms with van der Waals surface area (Å²) in [7, 11) is 1.54. The Hall–Kier alpha value is -1.10. The molecule has 1 N–H and O–H groups in total. The van der Waals surface area contributed by atoms with Crippen LogP contribution in [-0.2, 0) is 10.2 Å². The Labute approximate surface area is 91.9 Å². The van der Waals surface area contributed by atoms with Crippen molar-refractivity contribution in [3.05, 3.63) is 11.1 Å². The van der Waals surface area contributed by atoms with E-state index in [4.69, 9.17) is 4.74 Å². The van der Waals surface area contributed by atoms with Gasteiger partial charge in [0.05, 0.1) is 7.11 Å². The molecule has 0 aliphatic heterocycles. The summed E-state index contributed by atoms with van der Waals surface area (Å²) in [5.74, 6) is -0.765. The molecule has 1 unspecified atom stereocenters. The quantitative estimate of drug-likeness (QED) is 0.856. The number of carboxylic acid groups (broad SMARTS) is 1. The van der Waals surface area contributed by atoms with Crippen molar-refractivity contribution < 1.29 is 14.6 Å². The summed E-state index contributed by atoms with van der Waals surface area (Å²) in [6.07, 6.45) is 2.28. The minimum Gasteiger partial charge on any atom is -0.481 e. The molecule has 82 valence electrons. The van der Waals surface area contributed by atoms with Crippen LogP contribution >= 0.6 is 11.3 Å². The number of ether oxygens (including phenoxy) is 1. The Kier molecular flexibility index (Phi) is 2.05. The smallest absolute Gasteiger partial charge is 0.315 e. The van der Waals surface area contributed by atoms with Gasteiger partial charge in [-0.3, -0.25) is 4.79 Å². The summed E-state index contributed by atoms with van der Waals surface area (Å²) in [4.78, 5) is 16.1. The van der Waals surface area contributed by atoms with Crippen molar-refractivity contribution >= 4 is 17.3 Å². The van der Waals surface area contributed by atoms with E-state index in [1.807, 2.05) is 13.8 Å². The number of carbonyl (C=O) groups is 1. The van der Waals surface area contributed by atoms with Gasteiger partial charge in [0.2, 0.25) is 0 Å². The van der Waals surface area contributed by atoms with E-state index in [0.29, 0.717) is 11.6 Å². The first-order valence-corrected chi connectivity index (χ1v) is 5.49. The van der Waals surface area contributed by atoms with E-state index in [-0.39, 0.29) is 5.41 Å². The maximum absolute atomic E-state index is 11.3. The molecular weight excluding hydrogens is 214 g/mol. The van der Waals surface area contributed by atoms with Crippen LogP contribution in [0.2, 0.25) is 0 Å². The largest absolute Gasteiger partial charge is 0.481 e. The highest BCUT2D eigenvalue weighted by Gasteiger charge is 2.68. The van der Waals surface area contributed by atoms with Crippen LogP contribution in [0.1, 0.15) is 25.1 Å². The Balaban J connectivity index is 2.40. The van der Waals surface area contributed by atoms with Gasteiger partial charge in [0, 0.05) is 11.1 Å². The molecule has 0 radical (unpaired) electrons. The van der Waals surface area contributed by atoms with E-state index in [9.17, 15) is 9.90 Å². The Morgan fingerprint density at radius 3 is 2.60 bits per heavy atom. The van der Waals surface area contributed by atoms with E-state index in [1.54, 1.807) is 6.20 Å². The Morgan fingerprint density at radius 2 is 2.27 bits per heavy atom. The number of hydrogen-bond donors (Lipinski definition) is 1. The third-order valence-corrected chi connectivity index (χ3v) is 4.30. The maximum Gasteiger partial charge on any atom is 0.315 e. The van der Waals surface area contributed by atoms with E-state index in [2.05, 4.69) is 4.98 Å². The molecule has 2 rings (SSSR count). The summed E-state index contributed by atoms with van der Waals surface area (Å²) in [6, 6.07) is 0. The lowest BCUT2D eigenvalue weighted by atomic mass is 9.95. The Morgan fingerprint density at radius 1 is 1.67 bits per heavy atom. The molecule has 4 nitrogen and oxygen atoms in total. The lowest BCUT2D eigenvalue weighted by Crippen LogP contribution is -2.24. The first-order chi connectivity index (χ1) is 6.94. The summed E-state index contributed by atoms with van der Waals surface area (Å²) in [5.41, 5.74) is -0.933. The summed E-state index contributed by atoms with van der Waals surface area (Å²) < 4.78 is 4.98. The van der Waals surface area contributed by atoms with Crippen molar-refractivity contribution in [2.24, 2.45) is 5.41 Å². The van der Waals surface area contributed by atoms with Gasteiger partial charge < -0.3 is 9.84 Å². The van der Waals surface area contributed by atoms with Gasteiger partial charge in [-0.25, -0.2) is 4.98 Å². The number of aromatic nitrogens is 1. The van der Waals surface area contributed by atoms with Crippen molar-refractivity contribution in [2.45, 2.75) is 25.7 Å². The van der Waals surface area contributed by atoms with Crippen LogP contribution in [0.15, 0.2) is 6.20 Å². The third kappa shape index (κ3) is 1.26. The fourth-order valence-electron chi connectivity index (χ4n) is 2.06. The lowest BCUT2D eigenvalue weighted by Gasteiger charge is -2.12. The average molecular weight is 227 g/mol. The molecule has 0 spiro atoms. The summed E-state index contributed by atoms with van der Waals surface area (Å²) >= 11 is 1.32. The number of nitrogens with zero attached hydrogens (tertiary/aromatic N) is 1. The van der Waals surface area contributed by atoms with E-state index in [0.717, 1.165) is 4.88 Å². The van der Waals surface area contributed by atoms with Crippen LogP contribution in [0.3, 0.4) is 0 Å². The van der Waals surface area contributed by atoms with E-state index in [1.165, 1.54) is 18.4 Å². The molecule has 0 saturated heterocycles. The van der Waals surface area contributed by atoms with Crippen LogP contribution in [0.25, 0.3) is 0 Å². The first-order valence-electron chi connectivity index (χ1n) is 4.68. The van der Waals surface area contributed by atoms with Crippen LogP contribution in [0.5, 0.6) is 5.19 Å². The van der Waals surface area contributed by atoms with Crippen molar-refractivity contribution in [1.29, 1.82) is 0 Å². The second-order valence-corrected chi connectivity index (χ2v) is 5.46. The van der Waals surface area contributed by atoms with Gasteiger partial charge in [0.25, 0.3) is 5.19 Å². The van der Waals surface area contributed by atoms with E-state index >= 15 is 0 Å². The molecule has 1 aromatic heterocycles. The molecule has 1 heterocycles. The number of carboxylic acids is 1. The van der Waals surface area contributed by atoms with Crippen molar-refractivity contribution in [3.63, 3.8) is 0 Å². The monoisotopic (exact) mass is 227 g/mol. The summed E-state index contributed by atoms with van der Waals surface area (Å²) in [6.45, 7) is 3.93. The number of rotatable bonds is 3.